The molecule has 0 fully saturated rings. The van der Waals surface area contributed by atoms with E-state index in [1.54, 1.807) is 55.5 Å². The zero-order valence-electron chi connectivity index (χ0n) is 17.2. The van der Waals surface area contributed by atoms with Crippen LogP contribution in [0, 0.1) is 0 Å². The third-order valence-electron chi connectivity index (χ3n) is 4.35. The number of amides is 2. The van der Waals surface area contributed by atoms with E-state index in [4.69, 9.17) is 21.1 Å². The smallest absolute Gasteiger partial charge is 0.253 e. The van der Waals surface area contributed by atoms with Crippen LogP contribution in [-0.2, 0) is 4.79 Å². The second-order valence-electron chi connectivity index (χ2n) is 6.70. The van der Waals surface area contributed by atoms with Crippen LogP contribution in [-0.4, -0.2) is 24.5 Å². The second-order valence-corrected chi connectivity index (χ2v) is 7.10. The number of halogens is 1. The zero-order valence-corrected chi connectivity index (χ0v) is 18.0. The van der Waals surface area contributed by atoms with Gasteiger partial charge in [-0.25, -0.2) is 0 Å². The van der Waals surface area contributed by atoms with Crippen molar-refractivity contribution in [1.29, 1.82) is 0 Å². The highest BCUT2D eigenvalue weighted by atomic mass is 35.5. The minimum atomic E-state index is -0.747. The van der Waals surface area contributed by atoms with Crippen molar-refractivity contribution in [2.75, 3.05) is 11.9 Å². The number of carbonyl (C=O) groups excluding carboxylic acids is 2. The van der Waals surface area contributed by atoms with Gasteiger partial charge in [-0.1, -0.05) is 23.7 Å². The largest absolute Gasteiger partial charge is 0.494 e. The van der Waals surface area contributed by atoms with Crippen LogP contribution in [0.15, 0.2) is 72.8 Å². The van der Waals surface area contributed by atoms with Gasteiger partial charge >= 0.3 is 0 Å². The first-order chi connectivity index (χ1) is 15.0. The molecule has 3 rings (SSSR count). The summed E-state index contributed by atoms with van der Waals surface area (Å²) in [6.07, 6.45) is 0. The van der Waals surface area contributed by atoms with Gasteiger partial charge in [0, 0.05) is 5.69 Å². The van der Waals surface area contributed by atoms with Gasteiger partial charge in [0.25, 0.3) is 5.91 Å². The lowest BCUT2D eigenvalue weighted by Gasteiger charge is -2.15. The average molecular weight is 439 g/mol. The Morgan fingerprint density at radius 2 is 1.48 bits per heavy atom. The van der Waals surface area contributed by atoms with E-state index in [0.717, 1.165) is 5.75 Å². The fraction of sp³-hybridized carbons (Fsp3) is 0.167. The SMILES string of the molecule is CCOc1ccc(Oc2ccc(NC(=O)[C@H](C)NC(=O)c3ccccc3Cl)cc2)cc1. The van der Waals surface area contributed by atoms with Crippen LogP contribution >= 0.6 is 11.6 Å². The summed E-state index contributed by atoms with van der Waals surface area (Å²) in [4.78, 5) is 24.7. The average Bonchev–Trinajstić information content (AvgIpc) is 2.77. The minimum Gasteiger partial charge on any atom is -0.494 e. The lowest BCUT2D eigenvalue weighted by molar-refractivity contribution is -0.117. The maximum absolute atomic E-state index is 12.4. The Morgan fingerprint density at radius 3 is 2.10 bits per heavy atom. The van der Waals surface area contributed by atoms with Gasteiger partial charge in [-0.15, -0.1) is 0 Å². The number of anilines is 1. The maximum atomic E-state index is 12.4. The molecule has 0 saturated carbocycles. The van der Waals surface area contributed by atoms with Crippen LogP contribution in [0.4, 0.5) is 5.69 Å². The predicted octanol–water partition coefficient (Wildman–Crippen LogP) is 5.29. The van der Waals surface area contributed by atoms with E-state index in [1.165, 1.54) is 0 Å². The zero-order chi connectivity index (χ0) is 22.2. The molecule has 160 valence electrons. The fourth-order valence-corrected chi connectivity index (χ4v) is 2.97. The van der Waals surface area contributed by atoms with E-state index in [9.17, 15) is 9.59 Å². The molecule has 0 aromatic heterocycles. The number of nitrogens with one attached hydrogen (secondary N) is 2. The standard InChI is InChI=1S/C24H23ClN2O4/c1-3-30-18-12-14-20(15-13-18)31-19-10-8-17(9-11-19)27-23(28)16(2)26-24(29)21-6-4-5-7-22(21)25/h4-16H,3H2,1-2H3,(H,26,29)(H,27,28)/t16-/m0/s1. The van der Waals surface area contributed by atoms with Gasteiger partial charge in [-0.05, 0) is 74.5 Å². The molecular formula is C24H23ClN2O4. The molecule has 6 nitrogen and oxygen atoms in total. The first-order valence-electron chi connectivity index (χ1n) is 9.83. The normalized spacial score (nSPS) is 11.3. The molecule has 0 saturated heterocycles. The fourth-order valence-electron chi connectivity index (χ4n) is 2.75. The summed E-state index contributed by atoms with van der Waals surface area (Å²) in [6.45, 7) is 4.14. The minimum absolute atomic E-state index is 0.319. The number of hydrogen-bond acceptors (Lipinski definition) is 4. The van der Waals surface area contributed by atoms with E-state index in [-0.39, 0.29) is 5.91 Å². The van der Waals surface area contributed by atoms with Crippen molar-refractivity contribution in [2.24, 2.45) is 0 Å². The molecule has 7 heteroatoms. The van der Waals surface area contributed by atoms with Crippen LogP contribution in [0.3, 0.4) is 0 Å². The van der Waals surface area contributed by atoms with Crippen LogP contribution in [0.25, 0.3) is 0 Å². The van der Waals surface area contributed by atoms with Crippen LogP contribution < -0.4 is 20.1 Å². The van der Waals surface area contributed by atoms with Gasteiger partial charge in [0.2, 0.25) is 5.91 Å². The third-order valence-corrected chi connectivity index (χ3v) is 4.68. The molecule has 3 aromatic carbocycles. The first-order valence-corrected chi connectivity index (χ1v) is 10.2. The highest BCUT2D eigenvalue weighted by Gasteiger charge is 2.18. The summed E-state index contributed by atoms with van der Waals surface area (Å²) in [7, 11) is 0. The summed E-state index contributed by atoms with van der Waals surface area (Å²) in [6, 6.07) is 20.2. The topological polar surface area (TPSA) is 76.7 Å². The summed E-state index contributed by atoms with van der Waals surface area (Å²) in [5.74, 6) is 1.33. The lowest BCUT2D eigenvalue weighted by atomic mass is 10.2. The van der Waals surface area contributed by atoms with Crippen LogP contribution in [0.2, 0.25) is 5.02 Å². The summed E-state index contributed by atoms with van der Waals surface area (Å²) in [5.41, 5.74) is 0.905. The molecule has 2 N–H and O–H groups in total. The molecule has 0 bridgehead atoms. The van der Waals surface area contributed by atoms with Gasteiger partial charge < -0.3 is 20.1 Å². The number of hydrogen-bond donors (Lipinski definition) is 2. The second kappa shape index (κ2) is 10.5. The Morgan fingerprint density at radius 1 is 0.903 bits per heavy atom. The van der Waals surface area contributed by atoms with Crippen molar-refractivity contribution in [1.82, 2.24) is 5.32 Å². The highest BCUT2D eigenvalue weighted by molar-refractivity contribution is 6.33. The van der Waals surface area contributed by atoms with Crippen molar-refractivity contribution < 1.29 is 19.1 Å². The van der Waals surface area contributed by atoms with E-state index in [2.05, 4.69) is 10.6 Å². The Bertz CT molecular complexity index is 1040. The van der Waals surface area contributed by atoms with Gasteiger partial charge in [0.1, 0.15) is 23.3 Å². The quantitative estimate of drug-likeness (QED) is 0.501. The van der Waals surface area contributed by atoms with Gasteiger partial charge in [0.15, 0.2) is 0 Å². The van der Waals surface area contributed by atoms with E-state index in [0.29, 0.717) is 34.4 Å². The Kier molecular flexibility index (Phi) is 7.51. The van der Waals surface area contributed by atoms with Crippen molar-refractivity contribution in [2.45, 2.75) is 19.9 Å². The van der Waals surface area contributed by atoms with Crippen molar-refractivity contribution in [3.8, 4) is 17.2 Å². The van der Waals surface area contributed by atoms with Gasteiger partial charge in [-0.2, -0.15) is 0 Å². The van der Waals surface area contributed by atoms with Crippen LogP contribution in [0.5, 0.6) is 17.2 Å². The van der Waals surface area contributed by atoms with Crippen molar-refractivity contribution >= 4 is 29.1 Å². The van der Waals surface area contributed by atoms with Crippen molar-refractivity contribution in [3.05, 3.63) is 83.4 Å². The monoisotopic (exact) mass is 438 g/mol. The number of benzene rings is 3. The summed E-state index contributed by atoms with van der Waals surface area (Å²) < 4.78 is 11.2. The molecule has 0 spiro atoms. The number of carbonyl (C=O) groups is 2. The predicted molar refractivity (Wildman–Crippen MR) is 121 cm³/mol. The molecule has 0 unspecified atom stereocenters. The Labute approximate surface area is 186 Å². The first kappa shape index (κ1) is 22.2. The van der Waals surface area contributed by atoms with Crippen LogP contribution in [0.1, 0.15) is 24.2 Å². The molecule has 3 aromatic rings. The Balaban J connectivity index is 1.54. The van der Waals surface area contributed by atoms with Gasteiger partial charge in [0.05, 0.1) is 17.2 Å². The van der Waals surface area contributed by atoms with Crippen molar-refractivity contribution in [3.63, 3.8) is 0 Å². The molecule has 0 aliphatic heterocycles. The summed E-state index contributed by atoms with van der Waals surface area (Å²) >= 11 is 6.03. The molecule has 2 amide bonds. The molecular weight excluding hydrogens is 416 g/mol. The molecule has 0 aliphatic carbocycles. The van der Waals surface area contributed by atoms with E-state index in [1.807, 2.05) is 31.2 Å². The Hall–Kier alpha value is -3.51. The molecule has 0 aliphatic rings. The molecule has 1 atom stereocenters. The third kappa shape index (κ3) is 6.23. The molecule has 0 heterocycles. The number of ether oxygens (including phenoxy) is 2. The van der Waals surface area contributed by atoms with Gasteiger partial charge in [-0.3, -0.25) is 9.59 Å². The summed E-state index contributed by atoms with van der Waals surface area (Å²) in [5, 5.41) is 5.74. The number of rotatable bonds is 8. The highest BCUT2D eigenvalue weighted by Crippen LogP contribution is 2.25. The maximum Gasteiger partial charge on any atom is 0.253 e. The lowest BCUT2D eigenvalue weighted by Crippen LogP contribution is -2.41. The van der Waals surface area contributed by atoms with E-state index >= 15 is 0 Å². The molecule has 0 radical (unpaired) electrons. The van der Waals surface area contributed by atoms with E-state index < -0.39 is 11.9 Å². The molecule has 31 heavy (non-hydrogen) atoms.